The van der Waals surface area contributed by atoms with Crippen molar-refractivity contribution >= 4 is 50.5 Å². The van der Waals surface area contributed by atoms with Gasteiger partial charge in [-0.3, -0.25) is 9.10 Å². The molecule has 134 valence electrons. The molecule has 1 N–H and O–H groups in total. The molecule has 0 saturated carbocycles. The molecule has 0 saturated heterocycles. The molecule has 2 aromatic rings. The fourth-order valence-corrected chi connectivity index (χ4v) is 3.50. The van der Waals surface area contributed by atoms with Crippen LogP contribution in [0, 0.1) is 0 Å². The zero-order valence-electron chi connectivity index (χ0n) is 13.5. The van der Waals surface area contributed by atoms with E-state index in [1.807, 2.05) is 0 Å². The topological polar surface area (TPSA) is 75.7 Å². The summed E-state index contributed by atoms with van der Waals surface area (Å²) in [5, 5.41) is 3.13. The van der Waals surface area contributed by atoms with Crippen LogP contribution >= 0.6 is 23.2 Å². The number of anilines is 2. The summed E-state index contributed by atoms with van der Waals surface area (Å²) in [4.78, 5) is 12.3. The Morgan fingerprint density at radius 1 is 1.16 bits per heavy atom. The molecule has 0 fully saturated rings. The molecule has 2 rings (SSSR count). The molecule has 0 aliphatic rings. The Kier molecular flexibility index (Phi) is 6.16. The van der Waals surface area contributed by atoms with E-state index in [0.29, 0.717) is 16.5 Å². The van der Waals surface area contributed by atoms with Gasteiger partial charge in [0.2, 0.25) is 15.9 Å². The van der Waals surface area contributed by atoms with E-state index in [0.717, 1.165) is 10.6 Å². The molecule has 9 heteroatoms. The van der Waals surface area contributed by atoms with E-state index >= 15 is 0 Å². The first-order chi connectivity index (χ1) is 11.7. The van der Waals surface area contributed by atoms with Crippen LogP contribution in [0.5, 0.6) is 5.75 Å². The third-order valence-electron chi connectivity index (χ3n) is 3.24. The molecule has 0 radical (unpaired) electrons. The number of nitrogens with one attached hydrogen (secondary N) is 1. The molecular formula is C16H16Cl2N2O4S. The highest BCUT2D eigenvalue weighted by Crippen LogP contribution is 2.30. The second-order valence-corrected chi connectivity index (χ2v) is 7.89. The number of rotatable bonds is 6. The zero-order valence-corrected chi connectivity index (χ0v) is 15.8. The molecule has 25 heavy (non-hydrogen) atoms. The number of benzene rings is 2. The van der Waals surface area contributed by atoms with E-state index in [1.165, 1.54) is 25.3 Å². The minimum Gasteiger partial charge on any atom is -0.497 e. The van der Waals surface area contributed by atoms with E-state index in [9.17, 15) is 13.2 Å². The molecule has 0 atom stereocenters. The summed E-state index contributed by atoms with van der Waals surface area (Å²) in [7, 11) is -2.19. The van der Waals surface area contributed by atoms with Gasteiger partial charge in [-0.15, -0.1) is 0 Å². The Balaban J connectivity index is 2.20. The van der Waals surface area contributed by atoms with Gasteiger partial charge in [0.25, 0.3) is 0 Å². The fraction of sp³-hybridized carbons (Fsp3) is 0.188. The van der Waals surface area contributed by atoms with Crippen LogP contribution in [0.25, 0.3) is 0 Å². The van der Waals surface area contributed by atoms with Gasteiger partial charge in [0.15, 0.2) is 0 Å². The number of methoxy groups -OCH3 is 1. The largest absolute Gasteiger partial charge is 0.497 e. The van der Waals surface area contributed by atoms with E-state index < -0.39 is 22.5 Å². The van der Waals surface area contributed by atoms with Gasteiger partial charge < -0.3 is 10.1 Å². The number of sulfonamides is 1. The number of nitrogens with zero attached hydrogens (tertiary/aromatic N) is 1. The molecule has 0 aliphatic carbocycles. The van der Waals surface area contributed by atoms with Gasteiger partial charge in [-0.2, -0.15) is 0 Å². The Morgan fingerprint density at radius 3 is 2.32 bits per heavy atom. The van der Waals surface area contributed by atoms with Crippen molar-refractivity contribution in [2.24, 2.45) is 0 Å². The second-order valence-electron chi connectivity index (χ2n) is 5.14. The summed E-state index contributed by atoms with van der Waals surface area (Å²) in [5.74, 6) is 0.130. The minimum absolute atomic E-state index is 0.134. The van der Waals surface area contributed by atoms with Crippen molar-refractivity contribution in [2.45, 2.75) is 0 Å². The predicted molar refractivity (Wildman–Crippen MR) is 100 cm³/mol. The quantitative estimate of drug-likeness (QED) is 0.802. The summed E-state index contributed by atoms with van der Waals surface area (Å²) in [6, 6.07) is 11.0. The molecule has 6 nitrogen and oxygen atoms in total. The number of carbonyl (C=O) groups is 1. The van der Waals surface area contributed by atoms with Gasteiger partial charge in [0, 0.05) is 10.7 Å². The Labute approximate surface area is 156 Å². The van der Waals surface area contributed by atoms with Gasteiger partial charge in [-0.1, -0.05) is 23.2 Å². The van der Waals surface area contributed by atoms with Crippen molar-refractivity contribution in [3.8, 4) is 5.75 Å². The van der Waals surface area contributed by atoms with Crippen molar-refractivity contribution in [1.82, 2.24) is 0 Å². The Hall–Kier alpha value is -1.96. The van der Waals surface area contributed by atoms with Crippen LogP contribution in [-0.2, 0) is 14.8 Å². The van der Waals surface area contributed by atoms with Crippen LogP contribution < -0.4 is 14.4 Å². The first-order valence-electron chi connectivity index (χ1n) is 7.07. The predicted octanol–water partition coefficient (Wildman–Crippen LogP) is 3.41. The zero-order chi connectivity index (χ0) is 18.6. The van der Waals surface area contributed by atoms with Crippen LogP contribution in [0.2, 0.25) is 10.0 Å². The van der Waals surface area contributed by atoms with Gasteiger partial charge >= 0.3 is 0 Å². The molecule has 0 unspecified atom stereocenters. The Bertz CT molecular complexity index is 870. The van der Waals surface area contributed by atoms with Crippen molar-refractivity contribution in [3.05, 3.63) is 52.5 Å². The maximum Gasteiger partial charge on any atom is 0.245 e. The third kappa shape index (κ3) is 5.26. The number of halogens is 2. The monoisotopic (exact) mass is 402 g/mol. The first kappa shape index (κ1) is 19.4. The molecule has 0 spiro atoms. The lowest BCUT2D eigenvalue weighted by molar-refractivity contribution is -0.114. The molecular weight excluding hydrogens is 387 g/mol. The maximum atomic E-state index is 12.3. The number of hydrogen-bond acceptors (Lipinski definition) is 4. The van der Waals surface area contributed by atoms with Crippen LogP contribution in [-0.4, -0.2) is 34.2 Å². The lowest BCUT2D eigenvalue weighted by atomic mass is 10.3. The molecule has 0 heterocycles. The molecule has 2 aromatic carbocycles. The van der Waals surface area contributed by atoms with E-state index in [2.05, 4.69) is 5.32 Å². The fourth-order valence-electron chi connectivity index (χ4n) is 2.07. The van der Waals surface area contributed by atoms with Gasteiger partial charge in [0.1, 0.15) is 12.3 Å². The summed E-state index contributed by atoms with van der Waals surface area (Å²) in [6.07, 6.45) is 0.999. The Morgan fingerprint density at radius 2 is 1.80 bits per heavy atom. The highest BCUT2D eigenvalue weighted by molar-refractivity contribution is 7.92. The standard InChI is InChI=1S/C16H16Cl2N2O4S/c1-24-13-6-4-12(5-7-13)19-16(21)10-20(25(2,22)23)15-8-3-11(17)9-14(15)18/h3-9H,10H2,1-2H3,(H,19,21). The summed E-state index contributed by atoms with van der Waals surface area (Å²) in [6.45, 7) is -0.424. The van der Waals surface area contributed by atoms with Crippen LogP contribution in [0.15, 0.2) is 42.5 Å². The highest BCUT2D eigenvalue weighted by Gasteiger charge is 2.23. The lowest BCUT2D eigenvalue weighted by Gasteiger charge is -2.23. The summed E-state index contributed by atoms with van der Waals surface area (Å²) >= 11 is 11.9. The average Bonchev–Trinajstić information content (AvgIpc) is 2.53. The number of ether oxygens (including phenoxy) is 1. The molecule has 1 amide bonds. The highest BCUT2D eigenvalue weighted by atomic mass is 35.5. The molecule has 0 aliphatic heterocycles. The first-order valence-corrected chi connectivity index (χ1v) is 9.68. The second kappa shape index (κ2) is 7.95. The third-order valence-corrected chi connectivity index (χ3v) is 4.90. The van der Waals surface area contributed by atoms with Crippen LogP contribution in [0.4, 0.5) is 11.4 Å². The van der Waals surface area contributed by atoms with E-state index in [-0.39, 0.29) is 10.7 Å². The smallest absolute Gasteiger partial charge is 0.245 e. The number of hydrogen-bond donors (Lipinski definition) is 1. The number of carbonyl (C=O) groups excluding carboxylic acids is 1. The normalized spacial score (nSPS) is 11.0. The average molecular weight is 403 g/mol. The SMILES string of the molecule is COc1ccc(NC(=O)CN(c2ccc(Cl)cc2Cl)S(C)(=O)=O)cc1. The lowest BCUT2D eigenvalue weighted by Crippen LogP contribution is -2.37. The summed E-state index contributed by atoms with van der Waals surface area (Å²) in [5.41, 5.74) is 0.694. The number of amides is 1. The van der Waals surface area contributed by atoms with Gasteiger partial charge in [-0.05, 0) is 42.5 Å². The molecule has 0 aromatic heterocycles. The van der Waals surface area contributed by atoms with Crippen molar-refractivity contribution < 1.29 is 17.9 Å². The van der Waals surface area contributed by atoms with Crippen LogP contribution in [0.1, 0.15) is 0 Å². The molecule has 0 bridgehead atoms. The van der Waals surface area contributed by atoms with Gasteiger partial charge in [-0.25, -0.2) is 8.42 Å². The van der Waals surface area contributed by atoms with Crippen molar-refractivity contribution in [3.63, 3.8) is 0 Å². The van der Waals surface area contributed by atoms with Crippen molar-refractivity contribution in [1.29, 1.82) is 0 Å². The maximum absolute atomic E-state index is 12.3. The summed E-state index contributed by atoms with van der Waals surface area (Å²) < 4.78 is 30.1. The van der Waals surface area contributed by atoms with Gasteiger partial charge in [0.05, 0.1) is 24.1 Å². The van der Waals surface area contributed by atoms with Crippen molar-refractivity contribution in [2.75, 3.05) is 29.5 Å². The van der Waals surface area contributed by atoms with E-state index in [1.54, 1.807) is 24.3 Å². The minimum atomic E-state index is -3.73. The van der Waals surface area contributed by atoms with Crippen LogP contribution in [0.3, 0.4) is 0 Å². The van der Waals surface area contributed by atoms with E-state index in [4.69, 9.17) is 27.9 Å².